The minimum atomic E-state index is -0.311. The summed E-state index contributed by atoms with van der Waals surface area (Å²) in [5.74, 6) is 6.20. The van der Waals surface area contributed by atoms with Gasteiger partial charge in [-0.15, -0.1) is 0 Å². The third-order valence-corrected chi connectivity index (χ3v) is 5.57. The number of halogens is 1. The van der Waals surface area contributed by atoms with Gasteiger partial charge in [0.05, 0.1) is 17.6 Å². The van der Waals surface area contributed by atoms with Crippen LogP contribution in [0.1, 0.15) is 41.5 Å². The van der Waals surface area contributed by atoms with Crippen molar-refractivity contribution < 1.29 is 9.31 Å². The average molecular weight is 384 g/mol. The predicted octanol–water partition coefficient (Wildman–Crippen LogP) is 3.28. The molecule has 0 spiro atoms. The summed E-state index contributed by atoms with van der Waals surface area (Å²) in [7, 11) is -0.311. The van der Waals surface area contributed by atoms with E-state index in [0.717, 1.165) is 5.47 Å². The lowest BCUT2D eigenvalue weighted by molar-refractivity contribution is 0.00578. The highest BCUT2D eigenvalue weighted by Gasteiger charge is 2.52. The number of hydrogen-bond acceptors (Lipinski definition) is 4. The van der Waals surface area contributed by atoms with E-state index < -0.39 is 0 Å². The van der Waals surface area contributed by atoms with Crippen LogP contribution in [0.15, 0.2) is 11.7 Å². The second-order valence-corrected chi connectivity index (χ2v) is 8.00. The van der Waals surface area contributed by atoms with Crippen molar-refractivity contribution in [2.45, 2.75) is 52.7 Å². The van der Waals surface area contributed by atoms with Crippen LogP contribution < -0.4 is 5.84 Å². The van der Waals surface area contributed by atoms with Crippen molar-refractivity contribution in [3.05, 3.63) is 11.7 Å². The van der Waals surface area contributed by atoms with Gasteiger partial charge in [0, 0.05) is 6.20 Å². The van der Waals surface area contributed by atoms with Crippen LogP contribution >= 0.6 is 28.4 Å². The fourth-order valence-corrected chi connectivity index (χ4v) is 2.26. The number of allylic oxidation sites excluding steroid dienone is 1. The summed E-state index contributed by atoms with van der Waals surface area (Å²) in [5.41, 5.74) is 0.468. The Labute approximate surface area is 125 Å². The summed E-state index contributed by atoms with van der Waals surface area (Å²) in [5, 5.41) is 0. The second-order valence-electron chi connectivity index (χ2n) is 5.86. The fourth-order valence-electron chi connectivity index (χ4n) is 1.65. The van der Waals surface area contributed by atoms with Crippen LogP contribution in [0.4, 0.5) is 0 Å². The molecule has 1 heterocycles. The zero-order chi connectivity index (χ0) is 14.1. The van der Waals surface area contributed by atoms with E-state index in [4.69, 9.17) is 15.2 Å². The molecule has 0 saturated carbocycles. The maximum atomic E-state index is 6.06. The lowest BCUT2D eigenvalue weighted by Crippen LogP contribution is -2.41. The third kappa shape index (κ3) is 3.60. The highest BCUT2D eigenvalue weighted by Crippen LogP contribution is 2.40. The lowest BCUT2D eigenvalue weighted by Gasteiger charge is -2.32. The molecule has 0 bridgehead atoms. The molecule has 1 rings (SSSR count). The van der Waals surface area contributed by atoms with Gasteiger partial charge in [0.15, 0.2) is 0 Å². The summed E-state index contributed by atoms with van der Waals surface area (Å²) in [4.78, 5) is 0. The number of hydrogen-bond donors (Lipinski definition) is 1. The first-order valence-corrected chi connectivity index (χ1v) is 10.1. The van der Waals surface area contributed by atoms with E-state index >= 15 is 0 Å². The Bertz CT molecular complexity index is 321. The zero-order valence-electron chi connectivity index (χ0n) is 12.0. The molecular formula is C11H23BIN2O2P. The molecule has 18 heavy (non-hydrogen) atoms. The number of rotatable bonds is 4. The molecule has 2 N–H and O–H groups in total. The standard InChI is InChI=1S/C11H23BIN2O2P/c1-8(2)9(7-15(14)18-13)12-16-10(3,4)11(5,6)17-12/h7-8,18H,14H2,1-6H3/b9-7+. The van der Waals surface area contributed by atoms with Gasteiger partial charge in [-0.05, 0) is 61.1 Å². The molecule has 4 nitrogen and oxygen atoms in total. The summed E-state index contributed by atoms with van der Waals surface area (Å²) in [6.07, 6.45) is 2.44. The molecular weight excluding hydrogens is 361 g/mol. The molecule has 0 aromatic heterocycles. The zero-order valence-corrected chi connectivity index (χ0v) is 15.1. The summed E-state index contributed by atoms with van der Waals surface area (Å²) in [6, 6.07) is 0. The molecule has 0 aromatic carbocycles. The van der Waals surface area contributed by atoms with Crippen molar-refractivity contribution >= 4 is 35.5 Å². The lowest BCUT2D eigenvalue weighted by atomic mass is 9.72. The van der Waals surface area contributed by atoms with Crippen LogP contribution in [0.2, 0.25) is 0 Å². The second kappa shape index (κ2) is 5.96. The Balaban J connectivity index is 2.95. The molecule has 1 fully saturated rings. The van der Waals surface area contributed by atoms with E-state index in [-0.39, 0.29) is 18.3 Å². The number of nitrogens with two attached hydrogens (primary N) is 1. The predicted molar refractivity (Wildman–Crippen MR) is 87.4 cm³/mol. The Morgan fingerprint density at radius 1 is 1.28 bits per heavy atom. The highest BCUT2D eigenvalue weighted by molar-refractivity contribution is 14.2. The molecule has 0 aromatic rings. The van der Waals surface area contributed by atoms with Crippen LogP contribution in [-0.2, 0) is 9.31 Å². The Morgan fingerprint density at radius 2 is 1.72 bits per heavy atom. The van der Waals surface area contributed by atoms with Crippen molar-refractivity contribution in [2.75, 3.05) is 0 Å². The van der Waals surface area contributed by atoms with E-state index in [1.807, 2.05) is 6.20 Å². The molecule has 0 amide bonds. The van der Waals surface area contributed by atoms with Crippen molar-refractivity contribution in [2.24, 2.45) is 11.8 Å². The van der Waals surface area contributed by atoms with Crippen molar-refractivity contribution in [1.82, 2.24) is 4.78 Å². The van der Waals surface area contributed by atoms with Gasteiger partial charge in [0.25, 0.3) is 0 Å². The van der Waals surface area contributed by atoms with E-state index in [1.165, 1.54) is 0 Å². The number of nitrogens with zero attached hydrogens (tertiary/aromatic N) is 1. The third-order valence-electron chi connectivity index (χ3n) is 3.58. The van der Waals surface area contributed by atoms with E-state index in [9.17, 15) is 0 Å². The maximum Gasteiger partial charge on any atom is 0.492 e. The minimum Gasteiger partial charge on any atom is -0.400 e. The Hall–Kier alpha value is 0.645. The molecule has 1 saturated heterocycles. The van der Waals surface area contributed by atoms with Gasteiger partial charge in [-0.1, -0.05) is 13.8 Å². The van der Waals surface area contributed by atoms with Crippen LogP contribution in [-0.4, -0.2) is 23.1 Å². The van der Waals surface area contributed by atoms with Gasteiger partial charge in [-0.2, -0.15) is 0 Å². The smallest absolute Gasteiger partial charge is 0.400 e. The first kappa shape index (κ1) is 16.7. The van der Waals surface area contributed by atoms with Crippen LogP contribution in [0.3, 0.4) is 0 Å². The van der Waals surface area contributed by atoms with Crippen LogP contribution in [0.5, 0.6) is 0 Å². The van der Waals surface area contributed by atoms with Crippen molar-refractivity contribution in [1.29, 1.82) is 0 Å². The molecule has 1 atom stereocenters. The maximum absolute atomic E-state index is 6.06. The molecule has 7 heteroatoms. The van der Waals surface area contributed by atoms with Gasteiger partial charge in [-0.3, -0.25) is 4.78 Å². The topological polar surface area (TPSA) is 47.7 Å². The molecule has 104 valence electrons. The molecule has 0 aliphatic carbocycles. The summed E-state index contributed by atoms with van der Waals surface area (Å²) < 4.78 is 13.8. The van der Waals surface area contributed by atoms with Crippen molar-refractivity contribution in [3.8, 4) is 0 Å². The van der Waals surface area contributed by atoms with Crippen LogP contribution in [0, 0.1) is 5.92 Å². The van der Waals surface area contributed by atoms with E-state index in [0.29, 0.717) is 12.3 Å². The normalized spacial score (nSPS) is 23.4. The van der Waals surface area contributed by atoms with E-state index in [1.54, 1.807) is 4.78 Å². The summed E-state index contributed by atoms with van der Waals surface area (Å²) in [6.45, 7) is 12.5. The molecule has 1 unspecified atom stereocenters. The number of hydrazine groups is 1. The van der Waals surface area contributed by atoms with Gasteiger partial charge < -0.3 is 9.31 Å². The summed E-state index contributed by atoms with van der Waals surface area (Å²) >= 11 is 2.25. The van der Waals surface area contributed by atoms with Gasteiger partial charge in [0.1, 0.15) is 0 Å². The average Bonchev–Trinajstić information content (AvgIpc) is 2.43. The Kier molecular flexibility index (Phi) is 5.53. The van der Waals surface area contributed by atoms with Gasteiger partial charge in [0.2, 0.25) is 0 Å². The first-order valence-electron chi connectivity index (χ1n) is 6.08. The SMILES string of the molecule is CC(C)/C(=C\N(N)PI)B1OC(C)(C)C(C)(C)O1. The quantitative estimate of drug-likeness (QED) is 0.266. The fraction of sp³-hybridized carbons (Fsp3) is 0.818. The van der Waals surface area contributed by atoms with Crippen molar-refractivity contribution in [3.63, 3.8) is 0 Å². The van der Waals surface area contributed by atoms with Gasteiger partial charge >= 0.3 is 7.12 Å². The molecule has 0 radical (unpaired) electrons. The van der Waals surface area contributed by atoms with Gasteiger partial charge in [-0.25, -0.2) is 5.84 Å². The first-order chi connectivity index (χ1) is 8.10. The molecule has 1 aliphatic heterocycles. The monoisotopic (exact) mass is 384 g/mol. The van der Waals surface area contributed by atoms with E-state index in [2.05, 4.69) is 63.6 Å². The van der Waals surface area contributed by atoms with Crippen LogP contribution in [0.25, 0.3) is 0 Å². The highest BCUT2D eigenvalue weighted by atomic mass is 127. The minimum absolute atomic E-state index is 0.308. The largest absolute Gasteiger partial charge is 0.492 e. The molecule has 1 aliphatic rings. The Morgan fingerprint density at radius 3 is 2.06 bits per heavy atom.